The van der Waals surface area contributed by atoms with Gasteiger partial charge in [-0.2, -0.15) is 0 Å². The maximum Gasteiger partial charge on any atom is 0.433 e. The Morgan fingerprint density at radius 1 is 1.32 bits per heavy atom. The summed E-state index contributed by atoms with van der Waals surface area (Å²) in [4.78, 5) is 16.7. The van der Waals surface area contributed by atoms with Gasteiger partial charge in [0, 0.05) is 12.5 Å². The summed E-state index contributed by atoms with van der Waals surface area (Å²) in [5, 5.41) is 6.83. The van der Waals surface area contributed by atoms with E-state index in [4.69, 9.17) is 9.57 Å². The van der Waals surface area contributed by atoms with E-state index >= 15 is 0 Å². The fourth-order valence-electron chi connectivity index (χ4n) is 3.14. The molecular formula is C20H28N2O3. The van der Waals surface area contributed by atoms with Crippen molar-refractivity contribution in [2.24, 2.45) is 11.1 Å². The number of hydrogen-bond donors (Lipinski definition) is 1. The van der Waals surface area contributed by atoms with Crippen molar-refractivity contribution in [3.8, 4) is 5.75 Å². The van der Waals surface area contributed by atoms with Gasteiger partial charge < -0.3 is 10.1 Å². The van der Waals surface area contributed by atoms with Crippen LogP contribution in [0.4, 0.5) is 4.79 Å². The number of hydrogen-bond acceptors (Lipinski definition) is 4. The van der Waals surface area contributed by atoms with Crippen LogP contribution in [0.25, 0.3) is 6.08 Å². The van der Waals surface area contributed by atoms with Gasteiger partial charge in [0.2, 0.25) is 0 Å². The van der Waals surface area contributed by atoms with Gasteiger partial charge in [-0.25, -0.2) is 4.79 Å². The van der Waals surface area contributed by atoms with Crippen molar-refractivity contribution in [2.45, 2.75) is 46.0 Å². The minimum atomic E-state index is -0.500. The number of ether oxygens (including phenoxy) is 1. The van der Waals surface area contributed by atoms with Crippen molar-refractivity contribution in [1.82, 2.24) is 5.32 Å². The van der Waals surface area contributed by atoms with Gasteiger partial charge in [0.15, 0.2) is 0 Å². The molecule has 0 bridgehead atoms. The minimum Gasteiger partial charge on any atom is -0.497 e. The molecule has 1 aliphatic rings. The van der Waals surface area contributed by atoms with Crippen molar-refractivity contribution >= 4 is 17.9 Å². The molecule has 25 heavy (non-hydrogen) atoms. The zero-order valence-corrected chi connectivity index (χ0v) is 15.4. The number of rotatable bonds is 6. The molecule has 1 aliphatic carbocycles. The molecule has 1 atom stereocenters. The number of oxime groups is 1. The molecule has 5 nitrogen and oxygen atoms in total. The SMILES string of the molecule is CCCC1CCCC(=C\c2ccc(OC)cc2)/C1=N/OC(=O)NCC. The predicted molar refractivity (Wildman–Crippen MR) is 101 cm³/mol. The zero-order chi connectivity index (χ0) is 18.1. The molecule has 0 radical (unpaired) electrons. The molecule has 2 rings (SSSR count). The van der Waals surface area contributed by atoms with Crippen molar-refractivity contribution in [3.05, 3.63) is 35.4 Å². The standard InChI is InChI=1S/C20H28N2O3/c1-4-7-16-8-6-9-17(19(16)22-25-20(23)21-5-2)14-15-10-12-18(24-3)13-11-15/h10-14,16H,4-9H2,1-3H3,(H,21,23)/b17-14+,22-19+. The molecule has 0 aliphatic heterocycles. The molecule has 0 heterocycles. The Kier molecular flexibility index (Phi) is 7.51. The number of nitrogens with one attached hydrogen (secondary N) is 1. The van der Waals surface area contributed by atoms with Gasteiger partial charge in [-0.15, -0.1) is 0 Å². The van der Waals surface area contributed by atoms with Crippen LogP contribution in [0.2, 0.25) is 0 Å². The predicted octanol–water partition coefficient (Wildman–Crippen LogP) is 4.78. The van der Waals surface area contributed by atoms with Gasteiger partial charge in [0.05, 0.1) is 12.8 Å². The highest BCUT2D eigenvalue weighted by Crippen LogP contribution is 2.31. The van der Waals surface area contributed by atoms with Crippen LogP contribution in [0, 0.1) is 5.92 Å². The monoisotopic (exact) mass is 344 g/mol. The maximum absolute atomic E-state index is 11.6. The first kappa shape index (κ1) is 19.0. The Bertz CT molecular complexity index is 618. The first-order valence-electron chi connectivity index (χ1n) is 9.05. The second-order valence-corrected chi connectivity index (χ2v) is 6.21. The number of carbonyl (C=O) groups excluding carboxylic acids is 1. The van der Waals surface area contributed by atoms with Crippen LogP contribution < -0.4 is 10.1 Å². The van der Waals surface area contributed by atoms with Crippen LogP contribution in [0.1, 0.15) is 51.5 Å². The average molecular weight is 344 g/mol. The Morgan fingerprint density at radius 3 is 2.72 bits per heavy atom. The third-order valence-electron chi connectivity index (χ3n) is 4.36. The fourth-order valence-corrected chi connectivity index (χ4v) is 3.14. The van der Waals surface area contributed by atoms with E-state index in [9.17, 15) is 4.79 Å². The summed E-state index contributed by atoms with van der Waals surface area (Å²) in [6, 6.07) is 7.94. The smallest absolute Gasteiger partial charge is 0.433 e. The molecule has 1 aromatic carbocycles. The summed E-state index contributed by atoms with van der Waals surface area (Å²) in [6.07, 6.45) is 6.95. The van der Waals surface area contributed by atoms with Gasteiger partial charge in [-0.1, -0.05) is 30.6 Å². The average Bonchev–Trinajstić information content (AvgIpc) is 2.62. The van der Waals surface area contributed by atoms with Crippen LogP contribution in [-0.2, 0) is 4.84 Å². The number of benzene rings is 1. The van der Waals surface area contributed by atoms with Crippen LogP contribution in [0.15, 0.2) is 35.0 Å². The van der Waals surface area contributed by atoms with Gasteiger partial charge in [-0.05, 0) is 62.0 Å². The van der Waals surface area contributed by atoms with E-state index in [0.717, 1.165) is 54.7 Å². The third-order valence-corrected chi connectivity index (χ3v) is 4.36. The largest absolute Gasteiger partial charge is 0.497 e. The Hall–Kier alpha value is -2.30. The van der Waals surface area contributed by atoms with Crippen molar-refractivity contribution in [2.75, 3.05) is 13.7 Å². The quantitative estimate of drug-likeness (QED) is 0.597. The Morgan fingerprint density at radius 2 is 2.08 bits per heavy atom. The van der Waals surface area contributed by atoms with E-state index in [2.05, 4.69) is 23.5 Å². The van der Waals surface area contributed by atoms with E-state index in [0.29, 0.717) is 12.5 Å². The summed E-state index contributed by atoms with van der Waals surface area (Å²) in [7, 11) is 1.66. The van der Waals surface area contributed by atoms with Crippen LogP contribution in [0.3, 0.4) is 0 Å². The number of allylic oxidation sites excluding steroid dienone is 1. The summed E-state index contributed by atoms with van der Waals surface area (Å²) >= 11 is 0. The molecule has 5 heteroatoms. The lowest BCUT2D eigenvalue weighted by molar-refractivity contribution is 0.150. The molecule has 1 aromatic rings. The molecular weight excluding hydrogens is 316 g/mol. The first-order chi connectivity index (χ1) is 12.2. The number of nitrogens with zero attached hydrogens (tertiary/aromatic N) is 1. The lowest BCUT2D eigenvalue weighted by Gasteiger charge is -2.25. The summed E-state index contributed by atoms with van der Waals surface area (Å²) in [6.45, 7) is 4.55. The normalized spacial score (nSPS) is 20.5. The molecule has 136 valence electrons. The summed E-state index contributed by atoms with van der Waals surface area (Å²) < 4.78 is 5.21. The van der Waals surface area contributed by atoms with E-state index < -0.39 is 6.09 Å². The van der Waals surface area contributed by atoms with Gasteiger partial charge in [0.25, 0.3) is 0 Å². The number of carbonyl (C=O) groups is 1. The van der Waals surface area contributed by atoms with Gasteiger partial charge >= 0.3 is 6.09 Å². The topological polar surface area (TPSA) is 59.9 Å². The fraction of sp³-hybridized carbons (Fsp3) is 0.500. The molecule has 0 aromatic heterocycles. The molecule has 1 fully saturated rings. The summed E-state index contributed by atoms with van der Waals surface area (Å²) in [5.41, 5.74) is 3.16. The number of methoxy groups -OCH3 is 1. The summed E-state index contributed by atoms with van der Waals surface area (Å²) in [5.74, 6) is 1.18. The Labute approximate surface area is 150 Å². The van der Waals surface area contributed by atoms with Crippen molar-refractivity contribution in [3.63, 3.8) is 0 Å². The van der Waals surface area contributed by atoms with E-state index in [1.54, 1.807) is 7.11 Å². The molecule has 1 saturated carbocycles. The second-order valence-electron chi connectivity index (χ2n) is 6.21. The third kappa shape index (κ3) is 5.62. The van der Waals surface area contributed by atoms with Crippen molar-refractivity contribution < 1.29 is 14.4 Å². The van der Waals surface area contributed by atoms with E-state index in [-0.39, 0.29) is 0 Å². The molecule has 0 saturated heterocycles. The van der Waals surface area contributed by atoms with Gasteiger partial charge in [0.1, 0.15) is 5.75 Å². The second kappa shape index (κ2) is 9.87. The lowest BCUT2D eigenvalue weighted by Crippen LogP contribution is -2.26. The minimum absolute atomic E-state index is 0.345. The molecule has 0 spiro atoms. The molecule has 1 N–H and O–H groups in total. The van der Waals surface area contributed by atoms with Crippen LogP contribution in [0.5, 0.6) is 5.75 Å². The van der Waals surface area contributed by atoms with Crippen LogP contribution >= 0.6 is 0 Å². The highest BCUT2D eigenvalue weighted by atomic mass is 16.7. The van der Waals surface area contributed by atoms with Crippen LogP contribution in [-0.4, -0.2) is 25.5 Å². The van der Waals surface area contributed by atoms with E-state index in [1.165, 1.54) is 0 Å². The first-order valence-corrected chi connectivity index (χ1v) is 9.05. The molecule has 1 unspecified atom stereocenters. The van der Waals surface area contributed by atoms with Crippen molar-refractivity contribution in [1.29, 1.82) is 0 Å². The molecule has 1 amide bonds. The zero-order valence-electron chi connectivity index (χ0n) is 15.4. The highest BCUT2D eigenvalue weighted by molar-refractivity contribution is 6.05. The number of amides is 1. The highest BCUT2D eigenvalue weighted by Gasteiger charge is 2.25. The lowest BCUT2D eigenvalue weighted by atomic mass is 9.80. The van der Waals surface area contributed by atoms with Gasteiger partial charge in [-0.3, -0.25) is 4.84 Å². The van der Waals surface area contributed by atoms with E-state index in [1.807, 2.05) is 31.2 Å². The Balaban J connectivity index is 2.25. The maximum atomic E-state index is 11.6.